The number of allylic oxidation sites excluding steroid dienone is 1. The maximum absolute atomic E-state index is 10.9. The van der Waals surface area contributed by atoms with E-state index >= 15 is 0 Å². The molecule has 0 amide bonds. The fraction of sp³-hybridized carbons (Fsp3) is 0.750. The van der Waals surface area contributed by atoms with Crippen LogP contribution in [0.3, 0.4) is 0 Å². The lowest BCUT2D eigenvalue weighted by Gasteiger charge is -2.11. The molecule has 0 fully saturated rings. The smallest absolute Gasteiger partial charge is 0.282 e. The van der Waals surface area contributed by atoms with Gasteiger partial charge in [-0.15, -0.1) is 0 Å². The van der Waals surface area contributed by atoms with Crippen LogP contribution in [0, 0.1) is 0 Å². The molecule has 0 aliphatic rings. The van der Waals surface area contributed by atoms with Crippen LogP contribution in [0.1, 0.15) is 20.8 Å². The summed E-state index contributed by atoms with van der Waals surface area (Å²) in [5.74, 6) is 0.102. The summed E-state index contributed by atoms with van der Waals surface area (Å²) in [5.41, 5.74) is 0. The number of carbonyl (C=O) groups is 1. The lowest BCUT2D eigenvalue weighted by molar-refractivity contribution is -0.113. The molecule has 5 nitrogen and oxygen atoms in total. The highest BCUT2D eigenvalue weighted by Gasteiger charge is 2.02. The second-order valence-corrected chi connectivity index (χ2v) is 3.16. The van der Waals surface area contributed by atoms with E-state index in [1.165, 1.54) is 13.0 Å². The van der Waals surface area contributed by atoms with Crippen molar-refractivity contribution in [1.29, 1.82) is 0 Å². The molecule has 0 aromatic carbocycles. The van der Waals surface area contributed by atoms with Crippen molar-refractivity contribution in [2.24, 2.45) is 0 Å². The summed E-state index contributed by atoms with van der Waals surface area (Å²) in [5, 5.41) is 0. The second kappa shape index (κ2) is 11.4. The minimum atomic E-state index is -0.118. The first kappa shape index (κ1) is 15.9. The van der Waals surface area contributed by atoms with Crippen molar-refractivity contribution in [3.05, 3.63) is 12.0 Å². The molecule has 0 aliphatic heterocycles. The van der Waals surface area contributed by atoms with Crippen LogP contribution in [0.5, 0.6) is 0 Å². The van der Waals surface area contributed by atoms with Crippen LogP contribution in [0.4, 0.5) is 0 Å². The predicted octanol–water partition coefficient (Wildman–Crippen LogP) is 1.52. The fourth-order valence-electron chi connectivity index (χ4n) is 0.982. The monoisotopic (exact) mass is 246 g/mol. The molecule has 5 heteroatoms. The lowest BCUT2D eigenvalue weighted by atomic mass is 10.4. The van der Waals surface area contributed by atoms with Gasteiger partial charge in [-0.1, -0.05) is 0 Å². The predicted molar refractivity (Wildman–Crippen MR) is 63.7 cm³/mol. The van der Waals surface area contributed by atoms with Crippen molar-refractivity contribution in [2.45, 2.75) is 20.8 Å². The Kier molecular flexibility index (Phi) is 10.7. The normalized spacial score (nSPS) is 9.82. The summed E-state index contributed by atoms with van der Waals surface area (Å²) in [6, 6.07) is 0. The molecule has 0 radical (unpaired) electrons. The van der Waals surface area contributed by atoms with Crippen molar-refractivity contribution in [3.8, 4) is 0 Å². The number of hydrogen-bond acceptors (Lipinski definition) is 5. The van der Waals surface area contributed by atoms with E-state index in [0.717, 1.165) is 0 Å². The largest absolute Gasteiger partial charge is 0.463 e. The van der Waals surface area contributed by atoms with Crippen molar-refractivity contribution >= 4 is 5.78 Å². The van der Waals surface area contributed by atoms with Gasteiger partial charge in [0.05, 0.1) is 19.3 Å². The van der Waals surface area contributed by atoms with E-state index < -0.39 is 0 Å². The van der Waals surface area contributed by atoms with Crippen LogP contribution < -0.4 is 0 Å². The van der Waals surface area contributed by atoms with Gasteiger partial charge in [0, 0.05) is 13.2 Å². The summed E-state index contributed by atoms with van der Waals surface area (Å²) >= 11 is 0. The van der Waals surface area contributed by atoms with E-state index in [1.807, 2.05) is 13.8 Å². The molecule has 0 aliphatic carbocycles. The third kappa shape index (κ3) is 11.2. The van der Waals surface area contributed by atoms with Gasteiger partial charge in [-0.25, -0.2) is 0 Å². The average Bonchev–Trinajstić information content (AvgIpc) is 2.29. The molecule has 0 heterocycles. The van der Waals surface area contributed by atoms with E-state index in [-0.39, 0.29) is 11.7 Å². The maximum Gasteiger partial charge on any atom is 0.282 e. The SMILES string of the molecule is CCOCCOC(=CC(C)=O)OCCOCC. The molecule has 0 aromatic heterocycles. The van der Waals surface area contributed by atoms with E-state index in [2.05, 4.69) is 0 Å². The molecule has 0 bridgehead atoms. The highest BCUT2D eigenvalue weighted by molar-refractivity contribution is 5.87. The Morgan fingerprint density at radius 3 is 1.76 bits per heavy atom. The number of hydrogen-bond donors (Lipinski definition) is 0. The van der Waals surface area contributed by atoms with E-state index in [9.17, 15) is 4.79 Å². The molecule has 0 saturated heterocycles. The van der Waals surface area contributed by atoms with Gasteiger partial charge >= 0.3 is 0 Å². The van der Waals surface area contributed by atoms with Crippen LogP contribution in [0.15, 0.2) is 12.0 Å². The quantitative estimate of drug-likeness (QED) is 0.314. The number of carbonyl (C=O) groups excluding carboxylic acids is 1. The zero-order chi connectivity index (χ0) is 12.9. The molecule has 0 aromatic rings. The minimum absolute atomic E-state index is 0.118. The molecule has 0 spiro atoms. The topological polar surface area (TPSA) is 54.0 Å². The lowest BCUT2D eigenvalue weighted by Crippen LogP contribution is -2.10. The maximum atomic E-state index is 10.9. The zero-order valence-electron chi connectivity index (χ0n) is 10.9. The second-order valence-electron chi connectivity index (χ2n) is 3.16. The Balaban J connectivity index is 3.85. The van der Waals surface area contributed by atoms with Crippen molar-refractivity contribution in [2.75, 3.05) is 39.6 Å². The van der Waals surface area contributed by atoms with Crippen LogP contribution >= 0.6 is 0 Å². The van der Waals surface area contributed by atoms with Crippen LogP contribution in [-0.4, -0.2) is 45.4 Å². The van der Waals surface area contributed by atoms with Gasteiger partial charge in [0.2, 0.25) is 0 Å². The standard InChI is InChI=1S/C12H22O5/c1-4-14-6-8-16-12(10-11(3)13)17-9-7-15-5-2/h10H,4-9H2,1-3H3. The molecular formula is C12H22O5. The van der Waals surface area contributed by atoms with Gasteiger partial charge in [0.25, 0.3) is 5.95 Å². The summed E-state index contributed by atoms with van der Waals surface area (Å²) in [7, 11) is 0. The van der Waals surface area contributed by atoms with Gasteiger partial charge in [-0.3, -0.25) is 4.79 Å². The number of rotatable bonds is 11. The van der Waals surface area contributed by atoms with Crippen molar-refractivity contribution < 1.29 is 23.7 Å². The summed E-state index contributed by atoms with van der Waals surface area (Å²) in [6.45, 7) is 8.21. The zero-order valence-corrected chi connectivity index (χ0v) is 10.9. The van der Waals surface area contributed by atoms with Crippen molar-refractivity contribution in [3.63, 3.8) is 0 Å². The van der Waals surface area contributed by atoms with Crippen LogP contribution in [0.2, 0.25) is 0 Å². The highest BCUT2D eigenvalue weighted by atomic mass is 16.7. The third-order valence-corrected chi connectivity index (χ3v) is 1.67. The summed E-state index contributed by atoms with van der Waals surface area (Å²) in [4.78, 5) is 10.9. The molecular weight excluding hydrogens is 224 g/mol. The third-order valence-electron chi connectivity index (χ3n) is 1.67. The van der Waals surface area contributed by atoms with E-state index in [1.54, 1.807) is 0 Å². The van der Waals surface area contributed by atoms with E-state index in [0.29, 0.717) is 39.6 Å². The Labute approximate surface area is 103 Å². The minimum Gasteiger partial charge on any atom is -0.463 e. The Morgan fingerprint density at radius 1 is 0.941 bits per heavy atom. The molecule has 100 valence electrons. The molecule has 0 atom stereocenters. The first-order chi connectivity index (χ1) is 8.20. The van der Waals surface area contributed by atoms with Crippen molar-refractivity contribution in [1.82, 2.24) is 0 Å². The summed E-state index contributed by atoms with van der Waals surface area (Å²) in [6.07, 6.45) is 1.32. The first-order valence-electron chi connectivity index (χ1n) is 5.84. The van der Waals surface area contributed by atoms with Gasteiger partial charge in [0.15, 0.2) is 5.78 Å². The number of ketones is 1. The van der Waals surface area contributed by atoms with Crippen LogP contribution in [-0.2, 0) is 23.7 Å². The van der Waals surface area contributed by atoms with Gasteiger partial charge in [0.1, 0.15) is 13.2 Å². The number of ether oxygens (including phenoxy) is 4. The molecule has 0 saturated carbocycles. The first-order valence-corrected chi connectivity index (χ1v) is 5.84. The molecule has 0 rings (SSSR count). The fourth-order valence-corrected chi connectivity index (χ4v) is 0.982. The highest BCUT2D eigenvalue weighted by Crippen LogP contribution is 2.00. The Morgan fingerprint density at radius 2 is 1.41 bits per heavy atom. The van der Waals surface area contributed by atoms with Crippen LogP contribution in [0.25, 0.3) is 0 Å². The molecule has 0 unspecified atom stereocenters. The molecule has 17 heavy (non-hydrogen) atoms. The Hall–Kier alpha value is -1.07. The van der Waals surface area contributed by atoms with E-state index in [4.69, 9.17) is 18.9 Å². The molecule has 0 N–H and O–H groups in total. The Bertz CT molecular complexity index is 211. The van der Waals surface area contributed by atoms with Gasteiger partial charge in [-0.05, 0) is 20.8 Å². The average molecular weight is 246 g/mol. The van der Waals surface area contributed by atoms with Gasteiger partial charge in [-0.2, -0.15) is 0 Å². The summed E-state index contributed by atoms with van der Waals surface area (Å²) < 4.78 is 20.8. The van der Waals surface area contributed by atoms with Gasteiger partial charge < -0.3 is 18.9 Å².